The van der Waals surface area contributed by atoms with Crippen LogP contribution >= 0.6 is 0 Å². The van der Waals surface area contributed by atoms with Crippen LogP contribution in [0.15, 0.2) is 24.3 Å². The van der Waals surface area contributed by atoms with Crippen molar-refractivity contribution in [3.05, 3.63) is 29.8 Å². The van der Waals surface area contributed by atoms with Crippen LogP contribution in [0.3, 0.4) is 0 Å². The molecular formula is C26H43NO6. The minimum Gasteiger partial charge on any atom is -0.492 e. The van der Waals surface area contributed by atoms with Crippen LogP contribution in [-0.2, 0) is 20.7 Å². The van der Waals surface area contributed by atoms with E-state index in [0.29, 0.717) is 25.4 Å². The topological polar surface area (TPSA) is 85.3 Å². The predicted octanol–water partition coefficient (Wildman–Crippen LogP) is 5.69. The molecule has 1 aromatic rings. The van der Waals surface area contributed by atoms with Crippen molar-refractivity contribution in [2.45, 2.75) is 97.9 Å². The number of hydrogen-bond acceptors (Lipinski definition) is 5. The smallest absolute Gasteiger partial charge is 0.410 e. The fraction of sp³-hybridized carbons (Fsp3) is 0.692. The van der Waals surface area contributed by atoms with Crippen LogP contribution in [0.25, 0.3) is 0 Å². The third-order valence-electron chi connectivity index (χ3n) is 4.87. The van der Waals surface area contributed by atoms with Crippen molar-refractivity contribution >= 4 is 12.1 Å². The number of aliphatic carboxylic acids is 1. The van der Waals surface area contributed by atoms with E-state index in [2.05, 4.69) is 6.92 Å². The molecule has 0 aromatic heterocycles. The normalized spacial score (nSPS) is 12.5. The molecule has 0 heterocycles. The van der Waals surface area contributed by atoms with Crippen LogP contribution in [-0.4, -0.2) is 59.6 Å². The van der Waals surface area contributed by atoms with Gasteiger partial charge in [0.05, 0.1) is 12.6 Å². The summed E-state index contributed by atoms with van der Waals surface area (Å²) in [7, 11) is 0. The second-order valence-corrected chi connectivity index (χ2v) is 9.59. The van der Waals surface area contributed by atoms with Gasteiger partial charge >= 0.3 is 12.1 Å². The Labute approximate surface area is 199 Å². The van der Waals surface area contributed by atoms with E-state index in [1.807, 2.05) is 58.9 Å². The molecule has 1 unspecified atom stereocenters. The molecule has 0 aliphatic carbocycles. The lowest BCUT2D eigenvalue weighted by atomic mass is 10.1. The van der Waals surface area contributed by atoms with Gasteiger partial charge in [0.1, 0.15) is 18.0 Å². The maximum Gasteiger partial charge on any atom is 0.410 e. The van der Waals surface area contributed by atoms with Crippen LogP contribution in [0.1, 0.15) is 79.2 Å². The van der Waals surface area contributed by atoms with Crippen molar-refractivity contribution in [2.24, 2.45) is 0 Å². The predicted molar refractivity (Wildman–Crippen MR) is 130 cm³/mol. The van der Waals surface area contributed by atoms with E-state index < -0.39 is 17.7 Å². The summed E-state index contributed by atoms with van der Waals surface area (Å²) in [6.45, 7) is 12.8. The second-order valence-electron chi connectivity index (χ2n) is 9.59. The van der Waals surface area contributed by atoms with Gasteiger partial charge in [-0.05, 0) is 58.7 Å². The lowest BCUT2D eigenvalue weighted by Gasteiger charge is -2.27. The first-order valence-electron chi connectivity index (χ1n) is 12.1. The summed E-state index contributed by atoms with van der Waals surface area (Å²) in [5, 5.41) is 9.33. The van der Waals surface area contributed by atoms with Gasteiger partial charge in [-0.15, -0.1) is 0 Å². The molecule has 1 atom stereocenters. The molecule has 0 saturated heterocycles. The summed E-state index contributed by atoms with van der Waals surface area (Å²) < 4.78 is 16.9. The van der Waals surface area contributed by atoms with Gasteiger partial charge in [-0.2, -0.15) is 0 Å². The zero-order valence-corrected chi connectivity index (χ0v) is 21.3. The highest BCUT2D eigenvalue weighted by molar-refractivity contribution is 5.72. The Bertz CT molecular complexity index is 696. The summed E-state index contributed by atoms with van der Waals surface area (Å²) in [6, 6.07) is 7.31. The monoisotopic (exact) mass is 465 g/mol. The Morgan fingerprint density at radius 2 is 1.64 bits per heavy atom. The molecule has 0 radical (unpaired) electrons. The number of unbranched alkanes of at least 4 members (excludes halogenated alkanes) is 4. The molecule has 1 rings (SSSR count). The third kappa shape index (κ3) is 13.1. The highest BCUT2D eigenvalue weighted by Crippen LogP contribution is 2.16. The van der Waals surface area contributed by atoms with Crippen LogP contribution in [0, 0.1) is 0 Å². The molecule has 0 spiro atoms. The van der Waals surface area contributed by atoms with E-state index in [9.17, 15) is 14.7 Å². The van der Waals surface area contributed by atoms with Gasteiger partial charge in [-0.1, -0.05) is 44.7 Å². The molecule has 0 aliphatic rings. The minimum atomic E-state index is -0.971. The van der Waals surface area contributed by atoms with E-state index in [-0.39, 0.29) is 18.6 Å². The van der Waals surface area contributed by atoms with Gasteiger partial charge < -0.3 is 24.2 Å². The van der Waals surface area contributed by atoms with Crippen molar-refractivity contribution in [3.8, 4) is 5.75 Å². The van der Waals surface area contributed by atoms with Gasteiger partial charge in [-0.25, -0.2) is 9.59 Å². The number of benzene rings is 1. The Hall–Kier alpha value is -2.28. The number of carbonyl (C=O) groups excluding carboxylic acids is 1. The SMILES string of the molecule is CCCCCCCN(CCOc1ccc(CC(OC(C)C)C(=O)O)cc1)C(=O)OC(C)(C)C. The lowest BCUT2D eigenvalue weighted by molar-refractivity contribution is -0.153. The molecule has 0 saturated carbocycles. The van der Waals surface area contributed by atoms with Crippen molar-refractivity contribution in [1.82, 2.24) is 4.90 Å². The van der Waals surface area contributed by atoms with E-state index >= 15 is 0 Å². The van der Waals surface area contributed by atoms with Gasteiger partial charge in [0.2, 0.25) is 0 Å². The van der Waals surface area contributed by atoms with E-state index in [1.165, 1.54) is 19.3 Å². The summed E-state index contributed by atoms with van der Waals surface area (Å²) >= 11 is 0. The Kier molecular flexibility index (Phi) is 12.9. The number of rotatable bonds is 15. The molecule has 188 valence electrons. The van der Waals surface area contributed by atoms with Crippen LogP contribution in [0.5, 0.6) is 5.75 Å². The fourth-order valence-electron chi connectivity index (χ4n) is 3.26. The molecule has 0 bridgehead atoms. The summed E-state index contributed by atoms with van der Waals surface area (Å²) in [5.41, 5.74) is 0.319. The van der Waals surface area contributed by atoms with Crippen LogP contribution < -0.4 is 4.74 Å². The largest absolute Gasteiger partial charge is 0.492 e. The molecule has 0 aliphatic heterocycles. The highest BCUT2D eigenvalue weighted by Gasteiger charge is 2.22. The lowest BCUT2D eigenvalue weighted by Crippen LogP contribution is -2.39. The number of carboxylic acid groups (broad SMARTS) is 1. The van der Waals surface area contributed by atoms with Gasteiger partial charge in [0, 0.05) is 13.0 Å². The first-order valence-corrected chi connectivity index (χ1v) is 12.1. The maximum absolute atomic E-state index is 12.6. The maximum atomic E-state index is 12.6. The Morgan fingerprint density at radius 1 is 1.00 bits per heavy atom. The standard InChI is InChI=1S/C26H43NO6/c1-7-8-9-10-11-16-27(25(30)33-26(4,5)6)17-18-31-22-14-12-21(13-15-22)19-23(24(28)29)32-20(2)3/h12-15,20,23H,7-11,16-19H2,1-6H3,(H,28,29). The van der Waals surface area contributed by atoms with Crippen molar-refractivity contribution in [1.29, 1.82) is 0 Å². The van der Waals surface area contributed by atoms with Crippen LogP contribution in [0.2, 0.25) is 0 Å². The average molecular weight is 466 g/mol. The van der Waals surface area contributed by atoms with E-state index in [1.54, 1.807) is 4.90 Å². The van der Waals surface area contributed by atoms with Gasteiger partial charge in [0.25, 0.3) is 0 Å². The zero-order chi connectivity index (χ0) is 24.9. The van der Waals surface area contributed by atoms with E-state index in [0.717, 1.165) is 18.4 Å². The zero-order valence-electron chi connectivity index (χ0n) is 21.3. The second kappa shape index (κ2) is 14.8. The first kappa shape index (κ1) is 28.8. The van der Waals surface area contributed by atoms with Crippen molar-refractivity contribution in [3.63, 3.8) is 0 Å². The quantitative estimate of drug-likeness (QED) is 0.335. The number of carboxylic acids is 1. The van der Waals surface area contributed by atoms with Gasteiger partial charge in [0.15, 0.2) is 6.10 Å². The van der Waals surface area contributed by atoms with Crippen molar-refractivity contribution in [2.75, 3.05) is 19.7 Å². The van der Waals surface area contributed by atoms with Crippen molar-refractivity contribution < 1.29 is 28.9 Å². The summed E-state index contributed by atoms with van der Waals surface area (Å²) in [4.78, 5) is 25.7. The summed E-state index contributed by atoms with van der Waals surface area (Å²) in [5.74, 6) is -0.302. The van der Waals surface area contributed by atoms with Gasteiger partial charge in [-0.3, -0.25) is 0 Å². The van der Waals surface area contributed by atoms with Crippen LogP contribution in [0.4, 0.5) is 4.79 Å². The summed E-state index contributed by atoms with van der Waals surface area (Å²) in [6.07, 6.45) is 4.54. The Balaban J connectivity index is 2.60. The molecule has 1 amide bonds. The number of amides is 1. The number of carbonyl (C=O) groups is 2. The molecule has 7 nitrogen and oxygen atoms in total. The molecule has 7 heteroatoms. The first-order chi connectivity index (χ1) is 15.5. The molecule has 1 N–H and O–H groups in total. The highest BCUT2D eigenvalue weighted by atomic mass is 16.6. The number of nitrogens with zero attached hydrogens (tertiary/aromatic N) is 1. The molecule has 0 fully saturated rings. The minimum absolute atomic E-state index is 0.159. The molecule has 33 heavy (non-hydrogen) atoms. The fourth-order valence-corrected chi connectivity index (χ4v) is 3.26. The van der Waals surface area contributed by atoms with E-state index in [4.69, 9.17) is 14.2 Å². The molecule has 1 aromatic carbocycles. The molecular weight excluding hydrogens is 422 g/mol. The Morgan fingerprint density at radius 3 is 2.18 bits per heavy atom. The third-order valence-corrected chi connectivity index (χ3v) is 4.87. The number of ether oxygens (including phenoxy) is 3. The average Bonchev–Trinajstić information content (AvgIpc) is 2.71. The number of hydrogen-bond donors (Lipinski definition) is 1.